The molecule has 0 aromatic rings. The summed E-state index contributed by atoms with van der Waals surface area (Å²) < 4.78 is 23.2. The van der Waals surface area contributed by atoms with Crippen LogP contribution in [-0.4, -0.2) is 68.5 Å². The molecular formula is C38H79N2O6P. The first kappa shape index (κ1) is 46.5. The summed E-state index contributed by atoms with van der Waals surface area (Å²) in [5, 5.41) is 13.8. The number of amides is 1. The molecule has 3 atom stereocenters. The van der Waals surface area contributed by atoms with Gasteiger partial charge < -0.3 is 28.8 Å². The van der Waals surface area contributed by atoms with Crippen LogP contribution in [0.2, 0.25) is 0 Å². The molecule has 47 heavy (non-hydrogen) atoms. The molecule has 0 aliphatic rings. The number of unbranched alkanes of at least 4 members (excludes halogenated alkanes) is 23. The number of hydrogen-bond acceptors (Lipinski definition) is 6. The van der Waals surface area contributed by atoms with E-state index >= 15 is 0 Å². The van der Waals surface area contributed by atoms with Crippen molar-refractivity contribution < 1.29 is 32.9 Å². The van der Waals surface area contributed by atoms with E-state index in [4.69, 9.17) is 9.05 Å². The van der Waals surface area contributed by atoms with Crippen molar-refractivity contribution in [2.75, 3.05) is 40.9 Å². The molecule has 9 heteroatoms. The minimum absolute atomic E-state index is 0.0156. The number of aliphatic hydroxyl groups is 1. The smallest absolute Gasteiger partial charge is 0.268 e. The van der Waals surface area contributed by atoms with Gasteiger partial charge in [-0.15, -0.1) is 0 Å². The maximum Gasteiger partial charge on any atom is 0.268 e. The largest absolute Gasteiger partial charge is 0.756 e. The maximum absolute atomic E-state index is 12.8. The van der Waals surface area contributed by atoms with E-state index in [1.807, 2.05) is 21.1 Å². The molecule has 0 radical (unpaired) electrons. The van der Waals surface area contributed by atoms with Gasteiger partial charge >= 0.3 is 0 Å². The molecule has 0 saturated carbocycles. The Balaban J connectivity index is 4.43. The third kappa shape index (κ3) is 33.8. The van der Waals surface area contributed by atoms with Gasteiger partial charge in [0.15, 0.2) is 0 Å². The normalized spacial score (nSPS) is 14.6. The monoisotopic (exact) mass is 691 g/mol. The number of carbonyl (C=O) groups excluding carboxylic acids is 1. The lowest BCUT2D eigenvalue weighted by Crippen LogP contribution is -2.46. The van der Waals surface area contributed by atoms with Crippen molar-refractivity contribution in [1.82, 2.24) is 5.32 Å². The fourth-order valence-electron chi connectivity index (χ4n) is 5.86. The van der Waals surface area contributed by atoms with Gasteiger partial charge in [-0.3, -0.25) is 9.36 Å². The van der Waals surface area contributed by atoms with Crippen molar-refractivity contribution in [2.45, 2.75) is 199 Å². The number of aliphatic hydroxyl groups excluding tert-OH is 1. The van der Waals surface area contributed by atoms with Gasteiger partial charge in [-0.05, 0) is 12.8 Å². The number of nitrogens with zero attached hydrogens (tertiary/aromatic N) is 1. The first-order valence-electron chi connectivity index (χ1n) is 19.9. The zero-order valence-electron chi connectivity index (χ0n) is 31.8. The molecule has 2 N–H and O–H groups in total. The molecular weight excluding hydrogens is 611 g/mol. The minimum atomic E-state index is -4.55. The summed E-state index contributed by atoms with van der Waals surface area (Å²) in [5.41, 5.74) is 0. The molecule has 0 spiro atoms. The van der Waals surface area contributed by atoms with E-state index in [9.17, 15) is 19.4 Å². The fourth-order valence-corrected chi connectivity index (χ4v) is 6.59. The Morgan fingerprint density at radius 1 is 0.660 bits per heavy atom. The molecule has 8 nitrogen and oxygen atoms in total. The molecule has 0 rings (SSSR count). The maximum atomic E-state index is 12.8. The highest BCUT2D eigenvalue weighted by Crippen LogP contribution is 2.38. The number of quaternary nitrogens is 1. The van der Waals surface area contributed by atoms with E-state index in [1.165, 1.54) is 122 Å². The van der Waals surface area contributed by atoms with Crippen molar-refractivity contribution >= 4 is 13.7 Å². The Hall–Kier alpha value is -0.500. The van der Waals surface area contributed by atoms with Crippen LogP contribution >= 0.6 is 7.82 Å². The molecule has 282 valence electrons. The Morgan fingerprint density at radius 2 is 1.04 bits per heavy atom. The number of hydrogen-bond donors (Lipinski definition) is 2. The second-order valence-electron chi connectivity index (χ2n) is 15.0. The summed E-state index contributed by atoms with van der Waals surface area (Å²) >= 11 is 0. The standard InChI is InChI=1S/C38H79N2O6P/c1-6-8-10-12-14-16-18-20-21-23-25-27-29-31-37(41)36(35-46-47(43,44)45-34-33-40(3,4)5)39-38(42)32-30-28-26-24-22-19-17-15-13-11-9-7-2/h36-37,41H,6-35H2,1-5H3,(H-,39,42,43,44). The third-order valence-corrected chi connectivity index (χ3v) is 10.1. The van der Waals surface area contributed by atoms with Crippen molar-refractivity contribution in [1.29, 1.82) is 0 Å². The van der Waals surface area contributed by atoms with Crippen molar-refractivity contribution in [2.24, 2.45) is 0 Å². The quantitative estimate of drug-likeness (QED) is 0.0385. The van der Waals surface area contributed by atoms with Crippen molar-refractivity contribution in [3.63, 3.8) is 0 Å². The van der Waals surface area contributed by atoms with E-state index in [1.54, 1.807) is 0 Å². The topological polar surface area (TPSA) is 108 Å². The molecule has 0 aromatic heterocycles. The van der Waals surface area contributed by atoms with Crippen LogP contribution in [0.15, 0.2) is 0 Å². The first-order valence-corrected chi connectivity index (χ1v) is 21.3. The highest BCUT2D eigenvalue weighted by Gasteiger charge is 2.24. The summed E-state index contributed by atoms with van der Waals surface area (Å²) in [5.74, 6) is -0.165. The van der Waals surface area contributed by atoms with E-state index in [0.717, 1.165) is 38.5 Å². The number of carbonyl (C=O) groups is 1. The molecule has 0 aromatic carbocycles. The highest BCUT2D eigenvalue weighted by molar-refractivity contribution is 7.45. The minimum Gasteiger partial charge on any atom is -0.756 e. The summed E-state index contributed by atoms with van der Waals surface area (Å²) in [4.78, 5) is 25.2. The molecule has 0 aliphatic carbocycles. The Bertz CT molecular complexity index is 748. The van der Waals surface area contributed by atoms with Crippen molar-refractivity contribution in [3.05, 3.63) is 0 Å². The average molecular weight is 691 g/mol. The summed E-state index contributed by atoms with van der Waals surface area (Å²) in [7, 11) is 1.31. The lowest BCUT2D eigenvalue weighted by atomic mass is 10.0. The summed E-state index contributed by atoms with van der Waals surface area (Å²) in [6.45, 7) is 4.71. The number of likely N-dealkylation sites (N-methyl/N-ethyl adjacent to an activating group) is 1. The van der Waals surface area contributed by atoms with Gasteiger partial charge in [0.25, 0.3) is 7.82 Å². The van der Waals surface area contributed by atoms with Crippen LogP contribution in [0.1, 0.15) is 187 Å². The van der Waals surface area contributed by atoms with Gasteiger partial charge in [-0.2, -0.15) is 0 Å². The van der Waals surface area contributed by atoms with E-state index in [-0.39, 0.29) is 19.1 Å². The lowest BCUT2D eigenvalue weighted by Gasteiger charge is -2.30. The van der Waals surface area contributed by atoms with Gasteiger partial charge in [0.2, 0.25) is 5.91 Å². The van der Waals surface area contributed by atoms with Crippen LogP contribution in [0.4, 0.5) is 0 Å². The molecule has 0 saturated heterocycles. The molecule has 1 amide bonds. The zero-order valence-corrected chi connectivity index (χ0v) is 32.6. The first-order chi connectivity index (χ1) is 22.5. The third-order valence-electron chi connectivity index (χ3n) is 9.10. The van der Waals surface area contributed by atoms with Crippen LogP contribution in [0.5, 0.6) is 0 Å². The lowest BCUT2D eigenvalue weighted by molar-refractivity contribution is -0.870. The van der Waals surface area contributed by atoms with Crippen molar-refractivity contribution in [3.8, 4) is 0 Å². The average Bonchev–Trinajstić information content (AvgIpc) is 3.01. The van der Waals surface area contributed by atoms with E-state index < -0.39 is 20.0 Å². The van der Waals surface area contributed by atoms with Gasteiger partial charge in [-0.25, -0.2) is 0 Å². The molecule has 0 fully saturated rings. The van der Waals surface area contributed by atoms with E-state index in [0.29, 0.717) is 23.9 Å². The second-order valence-corrected chi connectivity index (χ2v) is 16.4. The Morgan fingerprint density at radius 3 is 1.45 bits per heavy atom. The van der Waals surface area contributed by atoms with Crippen LogP contribution in [0, 0.1) is 0 Å². The van der Waals surface area contributed by atoms with Crippen LogP contribution < -0.4 is 10.2 Å². The molecule has 0 heterocycles. The number of phosphoric ester groups is 1. The van der Waals surface area contributed by atoms with Crippen LogP contribution in [0.25, 0.3) is 0 Å². The van der Waals surface area contributed by atoms with Gasteiger partial charge in [-0.1, -0.05) is 168 Å². The summed E-state index contributed by atoms with van der Waals surface area (Å²) in [6, 6.07) is -0.790. The fraction of sp³-hybridized carbons (Fsp3) is 0.974. The molecule has 0 aliphatic heterocycles. The second kappa shape index (κ2) is 31.5. The van der Waals surface area contributed by atoms with Gasteiger partial charge in [0.05, 0.1) is 39.9 Å². The number of rotatable bonds is 36. The molecule has 0 bridgehead atoms. The van der Waals surface area contributed by atoms with E-state index in [2.05, 4.69) is 19.2 Å². The van der Waals surface area contributed by atoms with Crippen LogP contribution in [-0.2, 0) is 18.4 Å². The van der Waals surface area contributed by atoms with Crippen LogP contribution in [0.3, 0.4) is 0 Å². The highest BCUT2D eigenvalue weighted by atomic mass is 31.2. The van der Waals surface area contributed by atoms with Gasteiger partial charge in [0.1, 0.15) is 13.2 Å². The number of nitrogens with one attached hydrogen (secondary N) is 1. The Kier molecular flexibility index (Phi) is 31.1. The zero-order chi connectivity index (χ0) is 35.1. The SMILES string of the molecule is CCCCCCCCCCCCCCCC(O)C(COP(=O)([O-])OCC[N+](C)(C)C)NC(=O)CCCCCCCCCCCCCC. The number of phosphoric acid groups is 1. The predicted molar refractivity (Wildman–Crippen MR) is 196 cm³/mol. The summed E-state index contributed by atoms with van der Waals surface area (Å²) in [6.07, 6.45) is 30.9. The van der Waals surface area contributed by atoms with Gasteiger partial charge in [0, 0.05) is 6.42 Å². The Labute approximate surface area is 291 Å². The predicted octanol–water partition coefficient (Wildman–Crippen LogP) is 9.61. The molecule has 3 unspecified atom stereocenters.